The molecular weight excluding hydrogens is 230 g/mol. The highest BCUT2D eigenvalue weighted by molar-refractivity contribution is 5.68. The third-order valence-corrected chi connectivity index (χ3v) is 4.86. The van der Waals surface area contributed by atoms with Gasteiger partial charge in [0.05, 0.1) is 12.0 Å². The van der Waals surface area contributed by atoms with E-state index in [1.807, 2.05) is 0 Å². The lowest BCUT2D eigenvalue weighted by molar-refractivity contribution is -0.142. The number of carbonyl (C=O) groups is 1. The normalized spacial score (nSPS) is 32.6. The molecule has 0 aromatic carbocycles. The molecule has 3 saturated heterocycles. The zero-order chi connectivity index (χ0) is 12.6. The minimum atomic E-state index is -0.663. The molecule has 0 aromatic rings. The number of fused-ring (bicyclic) bond motifs is 1. The lowest BCUT2D eigenvalue weighted by atomic mass is 9.85. The van der Waals surface area contributed by atoms with Gasteiger partial charge in [-0.1, -0.05) is 0 Å². The summed E-state index contributed by atoms with van der Waals surface area (Å²) in [5, 5.41) is 12.4. The Morgan fingerprint density at radius 3 is 2.72 bits per heavy atom. The van der Waals surface area contributed by atoms with Gasteiger partial charge in [-0.15, -0.1) is 0 Å². The molecule has 1 unspecified atom stereocenters. The lowest BCUT2D eigenvalue weighted by Crippen LogP contribution is -2.70. The summed E-state index contributed by atoms with van der Waals surface area (Å²) in [6, 6.07) is 0.666. The summed E-state index contributed by atoms with van der Waals surface area (Å²) in [5.41, 5.74) is -0.107. The molecule has 1 atom stereocenters. The Morgan fingerprint density at radius 2 is 2.06 bits per heavy atom. The second-order valence-corrected chi connectivity index (χ2v) is 6.03. The zero-order valence-electron chi connectivity index (χ0n) is 10.9. The topological polar surface area (TPSA) is 55.8 Å². The molecule has 3 heterocycles. The summed E-state index contributed by atoms with van der Waals surface area (Å²) in [4.78, 5) is 16.2. The van der Waals surface area contributed by atoms with Crippen LogP contribution in [0.3, 0.4) is 0 Å². The van der Waals surface area contributed by atoms with Crippen molar-refractivity contribution in [2.75, 3.05) is 39.3 Å². The number of carboxylic acid groups (broad SMARTS) is 1. The van der Waals surface area contributed by atoms with Crippen LogP contribution in [0.25, 0.3) is 0 Å². The Kier molecular flexibility index (Phi) is 3.30. The van der Waals surface area contributed by atoms with E-state index in [2.05, 4.69) is 15.1 Å². The fraction of sp³-hybridized carbons (Fsp3) is 0.923. The van der Waals surface area contributed by atoms with E-state index >= 15 is 0 Å². The highest BCUT2D eigenvalue weighted by Gasteiger charge is 2.46. The molecule has 0 radical (unpaired) electrons. The van der Waals surface area contributed by atoms with Crippen LogP contribution in [0.2, 0.25) is 0 Å². The molecule has 0 saturated carbocycles. The Labute approximate surface area is 108 Å². The Balaban J connectivity index is 1.71. The van der Waals surface area contributed by atoms with E-state index in [4.69, 9.17) is 5.11 Å². The highest BCUT2D eigenvalue weighted by atomic mass is 16.4. The molecule has 5 nitrogen and oxygen atoms in total. The summed E-state index contributed by atoms with van der Waals surface area (Å²) in [7, 11) is 0. The third-order valence-electron chi connectivity index (χ3n) is 4.86. The van der Waals surface area contributed by atoms with E-state index in [0.717, 1.165) is 26.2 Å². The molecule has 3 rings (SSSR count). The van der Waals surface area contributed by atoms with E-state index in [0.29, 0.717) is 6.04 Å². The second kappa shape index (κ2) is 4.79. The van der Waals surface area contributed by atoms with Crippen LogP contribution in [0.4, 0.5) is 0 Å². The van der Waals surface area contributed by atoms with E-state index < -0.39 is 5.97 Å². The van der Waals surface area contributed by atoms with Crippen LogP contribution in [0, 0.1) is 0 Å². The van der Waals surface area contributed by atoms with Crippen molar-refractivity contribution in [2.24, 2.45) is 0 Å². The van der Waals surface area contributed by atoms with Gasteiger partial charge < -0.3 is 10.4 Å². The summed E-state index contributed by atoms with van der Waals surface area (Å²) < 4.78 is 0. The van der Waals surface area contributed by atoms with Gasteiger partial charge in [-0.25, -0.2) is 0 Å². The van der Waals surface area contributed by atoms with Crippen LogP contribution in [0.15, 0.2) is 0 Å². The average molecular weight is 253 g/mol. The maximum Gasteiger partial charge on any atom is 0.305 e. The van der Waals surface area contributed by atoms with Crippen molar-refractivity contribution in [1.82, 2.24) is 15.1 Å². The maximum atomic E-state index is 11.1. The van der Waals surface area contributed by atoms with Crippen molar-refractivity contribution in [3.05, 3.63) is 0 Å². The van der Waals surface area contributed by atoms with Crippen LogP contribution >= 0.6 is 0 Å². The smallest absolute Gasteiger partial charge is 0.305 e. The van der Waals surface area contributed by atoms with Crippen LogP contribution < -0.4 is 5.32 Å². The van der Waals surface area contributed by atoms with Crippen LogP contribution in [-0.2, 0) is 4.79 Å². The van der Waals surface area contributed by atoms with Gasteiger partial charge >= 0.3 is 5.97 Å². The Morgan fingerprint density at radius 1 is 1.28 bits per heavy atom. The molecule has 3 aliphatic rings. The first kappa shape index (κ1) is 12.4. The van der Waals surface area contributed by atoms with Crippen LogP contribution in [-0.4, -0.2) is 71.7 Å². The summed E-state index contributed by atoms with van der Waals surface area (Å²) in [5.74, 6) is -0.663. The second-order valence-electron chi connectivity index (χ2n) is 6.03. The third kappa shape index (κ3) is 2.15. The number of nitrogens with zero attached hydrogens (tertiary/aromatic N) is 2. The van der Waals surface area contributed by atoms with Gasteiger partial charge in [0, 0.05) is 32.2 Å². The molecule has 102 valence electrons. The summed E-state index contributed by atoms with van der Waals surface area (Å²) in [6.07, 6.45) is 4.06. The molecule has 0 bridgehead atoms. The van der Waals surface area contributed by atoms with Crippen LogP contribution in [0.5, 0.6) is 0 Å². The lowest BCUT2D eigenvalue weighted by Gasteiger charge is -2.50. The van der Waals surface area contributed by atoms with E-state index in [-0.39, 0.29) is 12.0 Å². The van der Waals surface area contributed by atoms with E-state index in [9.17, 15) is 4.79 Å². The number of rotatable bonds is 3. The minimum Gasteiger partial charge on any atom is -0.481 e. The molecule has 5 heteroatoms. The van der Waals surface area contributed by atoms with Crippen molar-refractivity contribution >= 4 is 5.97 Å². The van der Waals surface area contributed by atoms with Gasteiger partial charge in [0.2, 0.25) is 0 Å². The zero-order valence-corrected chi connectivity index (χ0v) is 10.9. The molecule has 2 N–H and O–H groups in total. The molecule has 0 spiro atoms. The molecule has 3 fully saturated rings. The van der Waals surface area contributed by atoms with Gasteiger partial charge in [0.25, 0.3) is 0 Å². The predicted molar refractivity (Wildman–Crippen MR) is 68.6 cm³/mol. The Bertz CT molecular complexity index is 330. The largest absolute Gasteiger partial charge is 0.481 e. The van der Waals surface area contributed by atoms with Gasteiger partial charge in [-0.2, -0.15) is 0 Å². The molecule has 3 aliphatic heterocycles. The SMILES string of the molecule is O=C(O)CC1(N2CCCN3CCCC3C2)CNC1. The monoisotopic (exact) mass is 253 g/mol. The van der Waals surface area contributed by atoms with Crippen molar-refractivity contribution in [3.63, 3.8) is 0 Å². The van der Waals surface area contributed by atoms with Crippen molar-refractivity contribution in [3.8, 4) is 0 Å². The standard InChI is InChI=1S/C13H23N3O2/c17-12(18)7-13(9-14-10-13)16-6-2-5-15-4-1-3-11(15)8-16/h11,14H,1-10H2,(H,17,18). The van der Waals surface area contributed by atoms with Crippen LogP contribution in [0.1, 0.15) is 25.7 Å². The molecule has 0 amide bonds. The van der Waals surface area contributed by atoms with Crippen molar-refractivity contribution < 1.29 is 9.90 Å². The maximum absolute atomic E-state index is 11.1. The average Bonchev–Trinajstić information content (AvgIpc) is 2.61. The number of carboxylic acids is 1. The number of hydrogen-bond acceptors (Lipinski definition) is 4. The van der Waals surface area contributed by atoms with E-state index in [1.165, 1.54) is 32.4 Å². The number of nitrogens with one attached hydrogen (secondary N) is 1. The summed E-state index contributed by atoms with van der Waals surface area (Å²) in [6.45, 7) is 6.23. The molecule has 0 aromatic heterocycles. The predicted octanol–water partition coefficient (Wildman–Crippen LogP) is -0.0268. The molecular formula is C13H23N3O2. The fourth-order valence-electron chi connectivity index (χ4n) is 3.79. The minimum absolute atomic E-state index is 0.107. The van der Waals surface area contributed by atoms with E-state index in [1.54, 1.807) is 0 Å². The highest BCUT2D eigenvalue weighted by Crippen LogP contribution is 2.30. The molecule has 18 heavy (non-hydrogen) atoms. The first-order chi connectivity index (χ1) is 8.70. The van der Waals surface area contributed by atoms with Crippen molar-refractivity contribution in [1.29, 1.82) is 0 Å². The van der Waals surface area contributed by atoms with Crippen molar-refractivity contribution in [2.45, 2.75) is 37.3 Å². The summed E-state index contributed by atoms with van der Waals surface area (Å²) >= 11 is 0. The first-order valence-electron chi connectivity index (χ1n) is 7.11. The fourth-order valence-corrected chi connectivity index (χ4v) is 3.79. The number of aliphatic carboxylic acids is 1. The molecule has 0 aliphatic carbocycles. The van der Waals surface area contributed by atoms with Gasteiger partial charge in [-0.3, -0.25) is 14.6 Å². The van der Waals surface area contributed by atoms with Gasteiger partial charge in [0.15, 0.2) is 0 Å². The first-order valence-corrected chi connectivity index (χ1v) is 7.11. The number of hydrogen-bond donors (Lipinski definition) is 2. The Hall–Kier alpha value is -0.650. The van der Waals surface area contributed by atoms with Gasteiger partial charge in [0.1, 0.15) is 0 Å². The van der Waals surface area contributed by atoms with Gasteiger partial charge in [-0.05, 0) is 32.4 Å². The quantitative estimate of drug-likeness (QED) is 0.740.